The lowest BCUT2D eigenvalue weighted by Crippen LogP contribution is -2.59. The van der Waals surface area contributed by atoms with Crippen molar-refractivity contribution in [3.8, 4) is 17.2 Å². The number of nitrogens with zero attached hydrogens (tertiary/aromatic N) is 5. The molecule has 16 nitrogen and oxygen atoms in total. The van der Waals surface area contributed by atoms with Gasteiger partial charge in [-0.1, -0.05) is 97.1 Å². The van der Waals surface area contributed by atoms with E-state index in [4.69, 9.17) is 18.9 Å². The van der Waals surface area contributed by atoms with E-state index >= 15 is 14.4 Å². The van der Waals surface area contributed by atoms with Crippen LogP contribution in [-0.4, -0.2) is 87.6 Å². The molecule has 5 heterocycles. The number of hydrogen-bond donors (Lipinski definition) is 1. The maximum absolute atomic E-state index is 16.3. The molecule has 6 aromatic carbocycles. The average molecular weight is 928 g/mol. The zero-order valence-corrected chi connectivity index (χ0v) is 37.0. The monoisotopic (exact) mass is 927 g/mol. The lowest BCUT2D eigenvalue weighted by Gasteiger charge is -2.46. The molecule has 3 fully saturated rings. The van der Waals surface area contributed by atoms with E-state index in [1.165, 1.54) is 36.4 Å². The molecule has 16 heteroatoms. The zero-order valence-electron chi connectivity index (χ0n) is 37.0. The minimum atomic E-state index is -1.97. The molecular weight excluding hydrogens is 883 g/mol. The number of cyclic esters (lactones) is 1. The van der Waals surface area contributed by atoms with E-state index < -0.39 is 64.4 Å². The van der Waals surface area contributed by atoms with Crippen molar-refractivity contribution < 1.29 is 48.2 Å². The lowest BCUT2D eigenvalue weighted by molar-refractivity contribution is -0.384. The van der Waals surface area contributed by atoms with Crippen LogP contribution in [0.1, 0.15) is 51.6 Å². The van der Waals surface area contributed by atoms with Crippen molar-refractivity contribution in [1.82, 2.24) is 14.7 Å². The van der Waals surface area contributed by atoms with Crippen molar-refractivity contribution in [3.63, 3.8) is 0 Å². The summed E-state index contributed by atoms with van der Waals surface area (Å²) in [6.07, 6.45) is -1.94. The number of imide groups is 1. The Morgan fingerprint density at radius 3 is 2.09 bits per heavy atom. The van der Waals surface area contributed by atoms with Gasteiger partial charge < -0.3 is 29.0 Å². The number of morpholine rings is 1. The number of carbonyl (C=O) groups excluding carboxylic acids is 4. The number of hydrogen-bond acceptors (Lipinski definition) is 13. The van der Waals surface area contributed by atoms with Gasteiger partial charge in [0.25, 0.3) is 5.69 Å². The van der Waals surface area contributed by atoms with Crippen LogP contribution in [0.25, 0.3) is 0 Å². The third-order valence-corrected chi connectivity index (χ3v) is 14.1. The number of nitro benzene ring substituents is 1. The second kappa shape index (κ2) is 17.5. The van der Waals surface area contributed by atoms with Crippen LogP contribution in [0.3, 0.4) is 0 Å². The third kappa shape index (κ3) is 7.39. The van der Waals surface area contributed by atoms with Crippen LogP contribution in [0.15, 0.2) is 152 Å². The van der Waals surface area contributed by atoms with Gasteiger partial charge in [0.15, 0.2) is 11.5 Å². The first-order chi connectivity index (χ1) is 33.6. The number of anilines is 1. The van der Waals surface area contributed by atoms with Gasteiger partial charge in [-0.15, -0.1) is 0 Å². The molecule has 6 atom stereocenters. The summed E-state index contributed by atoms with van der Waals surface area (Å²) in [7, 11) is 0. The number of benzene rings is 6. The number of rotatable bonds is 9. The van der Waals surface area contributed by atoms with Gasteiger partial charge in [0.2, 0.25) is 18.6 Å². The molecule has 69 heavy (non-hydrogen) atoms. The van der Waals surface area contributed by atoms with Gasteiger partial charge in [0, 0.05) is 44.9 Å². The second-order valence-corrected chi connectivity index (χ2v) is 17.8. The van der Waals surface area contributed by atoms with Crippen molar-refractivity contribution in [3.05, 3.63) is 195 Å². The molecule has 3 saturated heterocycles. The molecule has 6 unspecified atom stereocenters. The third-order valence-electron chi connectivity index (χ3n) is 14.1. The van der Waals surface area contributed by atoms with E-state index in [2.05, 4.69) is 4.90 Å². The number of non-ortho nitro benzene ring substituents is 1. The van der Waals surface area contributed by atoms with E-state index in [9.17, 15) is 20.0 Å². The number of phenolic OH excluding ortho intramolecular Hbond substituents is 1. The largest absolute Gasteiger partial charge is 0.508 e. The van der Waals surface area contributed by atoms with Crippen molar-refractivity contribution >= 4 is 35.3 Å². The Kier molecular flexibility index (Phi) is 11.1. The zero-order chi connectivity index (χ0) is 47.4. The number of amides is 3. The van der Waals surface area contributed by atoms with Gasteiger partial charge in [0.1, 0.15) is 29.9 Å². The van der Waals surface area contributed by atoms with E-state index in [-0.39, 0.29) is 43.6 Å². The highest BCUT2D eigenvalue weighted by atomic mass is 16.7. The van der Waals surface area contributed by atoms with Gasteiger partial charge in [-0.05, 0) is 75.8 Å². The number of aromatic hydroxyl groups is 1. The van der Waals surface area contributed by atoms with Gasteiger partial charge in [-0.3, -0.25) is 34.3 Å². The summed E-state index contributed by atoms with van der Waals surface area (Å²) in [6.45, 7) is 1.92. The maximum Gasteiger partial charge on any atom is 0.421 e. The van der Waals surface area contributed by atoms with Crippen LogP contribution in [0, 0.1) is 16.0 Å². The molecule has 0 aliphatic carbocycles. The van der Waals surface area contributed by atoms with Crippen molar-refractivity contribution in [2.75, 3.05) is 37.9 Å². The molecule has 11 rings (SSSR count). The van der Waals surface area contributed by atoms with E-state index in [1.807, 2.05) is 83.8 Å². The van der Waals surface area contributed by atoms with Crippen LogP contribution in [0.5, 0.6) is 17.2 Å². The van der Waals surface area contributed by atoms with Gasteiger partial charge in [-0.25, -0.2) is 9.69 Å². The number of piperazine rings is 1. The quantitative estimate of drug-likeness (QED) is 0.0863. The van der Waals surface area contributed by atoms with Crippen molar-refractivity contribution in [2.24, 2.45) is 5.92 Å². The molecular formula is C53H45N5O11. The van der Waals surface area contributed by atoms with Crippen LogP contribution in [0.2, 0.25) is 0 Å². The number of phenols is 1. The van der Waals surface area contributed by atoms with E-state index in [0.717, 1.165) is 16.0 Å². The fourth-order valence-corrected chi connectivity index (χ4v) is 11.0. The molecule has 5 aliphatic rings. The Bertz CT molecular complexity index is 2970. The highest BCUT2D eigenvalue weighted by Crippen LogP contribution is 2.66. The van der Waals surface area contributed by atoms with Crippen molar-refractivity contribution in [2.45, 2.75) is 42.8 Å². The molecule has 348 valence electrons. The van der Waals surface area contributed by atoms with E-state index in [1.54, 1.807) is 41.3 Å². The number of carbonyl (C=O) groups is 4. The van der Waals surface area contributed by atoms with Gasteiger partial charge in [0.05, 0.1) is 28.6 Å². The SMILES string of the molecule is O=C1OC(c2ccccc2)C(c2ccccc2)N2C1C(C(=O)N1CCN(Cc3ccc4c(c3)OCO4)CC1)C1(C(=O)N(C(=O)OCc3ccc([N+](=O)[O-])cc3)c3ccccc31)C2c1ccc(O)cc1. The smallest absolute Gasteiger partial charge is 0.421 e. The number of nitro groups is 1. The fraction of sp³-hybridized carbons (Fsp3) is 0.245. The Balaban J connectivity index is 1.05. The first-order valence-electron chi connectivity index (χ1n) is 22.7. The molecule has 0 bridgehead atoms. The summed E-state index contributed by atoms with van der Waals surface area (Å²) in [5.41, 5.74) is 1.81. The maximum atomic E-state index is 16.3. The lowest BCUT2D eigenvalue weighted by atomic mass is 9.65. The highest BCUT2D eigenvalue weighted by molar-refractivity contribution is 6.23. The molecule has 0 saturated carbocycles. The Labute approximate surface area is 395 Å². The molecule has 3 amide bonds. The van der Waals surface area contributed by atoms with Crippen LogP contribution < -0.4 is 14.4 Å². The van der Waals surface area contributed by atoms with E-state index in [0.29, 0.717) is 53.4 Å². The number of fused-ring (bicyclic) bond motifs is 4. The van der Waals surface area contributed by atoms with Crippen LogP contribution >= 0.6 is 0 Å². The summed E-state index contributed by atoms with van der Waals surface area (Å²) >= 11 is 0. The Hall–Kier alpha value is -8.08. The predicted octanol–water partition coefficient (Wildman–Crippen LogP) is 7.38. The fourth-order valence-electron chi connectivity index (χ4n) is 11.0. The molecule has 1 N–H and O–H groups in total. The first-order valence-corrected chi connectivity index (χ1v) is 22.7. The molecule has 1 spiro atoms. The van der Waals surface area contributed by atoms with Gasteiger partial charge in [-0.2, -0.15) is 0 Å². The predicted molar refractivity (Wildman–Crippen MR) is 248 cm³/mol. The minimum absolute atomic E-state index is 0.0389. The highest BCUT2D eigenvalue weighted by Gasteiger charge is 2.76. The standard InChI is InChI=1S/C53H45N5O11/c59-39-22-18-37(19-23-39)48-53(40-13-7-8-14-41(40)56(51(53)62)52(63)66-31-33-15-20-38(21-16-33)58(64)65)44(49(60)55-27-25-54(26-28-55)30-34-17-24-42-43(29-34)68-32-67-42)46-50(61)69-47(36-11-5-2-6-12-36)45(57(46)48)35-9-3-1-4-10-35/h1-24,29,44-48,59H,25-28,30-32H2. The summed E-state index contributed by atoms with van der Waals surface area (Å²) in [4.78, 5) is 80.0. The first kappa shape index (κ1) is 43.5. The molecule has 0 aromatic heterocycles. The number of ether oxygens (including phenoxy) is 4. The van der Waals surface area contributed by atoms with Gasteiger partial charge >= 0.3 is 12.1 Å². The average Bonchev–Trinajstić information content (AvgIpc) is 4.05. The number of para-hydroxylation sites is 1. The molecule has 0 radical (unpaired) electrons. The van der Waals surface area contributed by atoms with Crippen LogP contribution in [-0.2, 0) is 42.4 Å². The summed E-state index contributed by atoms with van der Waals surface area (Å²) in [6, 6.07) is 40.1. The Morgan fingerprint density at radius 1 is 0.725 bits per heavy atom. The summed E-state index contributed by atoms with van der Waals surface area (Å²) in [5.74, 6) is -2.07. The Morgan fingerprint density at radius 2 is 1.38 bits per heavy atom. The topological polar surface area (TPSA) is 182 Å². The minimum Gasteiger partial charge on any atom is -0.508 e. The molecule has 6 aromatic rings. The normalized spacial score (nSPS) is 23.9. The van der Waals surface area contributed by atoms with Crippen LogP contribution in [0.4, 0.5) is 16.2 Å². The van der Waals surface area contributed by atoms with Crippen molar-refractivity contribution in [1.29, 1.82) is 0 Å². The number of esters is 1. The second-order valence-electron chi connectivity index (χ2n) is 17.8. The molecule has 5 aliphatic heterocycles. The summed E-state index contributed by atoms with van der Waals surface area (Å²) in [5, 5.41) is 22.1. The summed E-state index contributed by atoms with van der Waals surface area (Å²) < 4.78 is 23.5.